The van der Waals surface area contributed by atoms with E-state index < -0.39 is 11.6 Å². The van der Waals surface area contributed by atoms with E-state index in [0.29, 0.717) is 35.3 Å². The van der Waals surface area contributed by atoms with Crippen molar-refractivity contribution in [3.8, 4) is 0 Å². The summed E-state index contributed by atoms with van der Waals surface area (Å²) in [5, 5.41) is 2.71. The van der Waals surface area contributed by atoms with Crippen LogP contribution in [0.15, 0.2) is 30.3 Å². The molecule has 1 aliphatic rings. The lowest BCUT2D eigenvalue weighted by molar-refractivity contribution is -0.119. The van der Waals surface area contributed by atoms with Crippen LogP contribution in [0.2, 0.25) is 0 Å². The van der Waals surface area contributed by atoms with Crippen LogP contribution in [0.5, 0.6) is 0 Å². The van der Waals surface area contributed by atoms with Crippen LogP contribution in [0, 0.1) is 24.4 Å². The highest BCUT2D eigenvalue weighted by Crippen LogP contribution is 2.30. The van der Waals surface area contributed by atoms with Crippen molar-refractivity contribution < 1.29 is 18.0 Å². The lowest BCUT2D eigenvalue weighted by atomic mass is 10.0. The molecule has 132 valence electrons. The smallest absolute Gasteiger partial charge is 0.239 e. The molecule has 0 aliphatic carbocycles. The maximum absolute atomic E-state index is 14.1. The molecule has 2 aromatic rings. The fourth-order valence-electron chi connectivity index (χ4n) is 3.07. The Kier molecular flexibility index (Phi) is 4.97. The van der Waals surface area contributed by atoms with E-state index in [1.54, 1.807) is 24.0 Å². The Morgan fingerprint density at radius 1 is 1.16 bits per heavy atom. The Morgan fingerprint density at radius 2 is 1.96 bits per heavy atom. The first-order valence-corrected chi connectivity index (χ1v) is 8.18. The first-order chi connectivity index (χ1) is 11.9. The van der Waals surface area contributed by atoms with Crippen LogP contribution in [0.1, 0.15) is 23.1 Å². The van der Waals surface area contributed by atoms with Crippen molar-refractivity contribution in [2.75, 3.05) is 18.0 Å². The summed E-state index contributed by atoms with van der Waals surface area (Å²) in [5.41, 5.74) is 2.08. The van der Waals surface area contributed by atoms with E-state index in [4.69, 9.17) is 0 Å². The first-order valence-electron chi connectivity index (χ1n) is 8.18. The fraction of sp³-hybridized carbons (Fsp3) is 0.316. The second kappa shape index (κ2) is 7.17. The molecule has 0 unspecified atom stereocenters. The van der Waals surface area contributed by atoms with E-state index in [9.17, 15) is 18.0 Å². The van der Waals surface area contributed by atoms with Crippen LogP contribution in [0.3, 0.4) is 0 Å². The third-order valence-electron chi connectivity index (χ3n) is 4.36. The lowest BCUT2D eigenvalue weighted by Gasteiger charge is -2.31. The minimum absolute atomic E-state index is 0.0239. The predicted molar refractivity (Wildman–Crippen MR) is 89.9 cm³/mol. The zero-order chi connectivity index (χ0) is 18.0. The maximum atomic E-state index is 14.1. The predicted octanol–water partition coefficient (Wildman–Crippen LogP) is 3.48. The Bertz CT molecular complexity index is 807. The van der Waals surface area contributed by atoms with Crippen molar-refractivity contribution in [1.82, 2.24) is 5.32 Å². The van der Waals surface area contributed by atoms with Gasteiger partial charge in [0.2, 0.25) is 5.91 Å². The third kappa shape index (κ3) is 3.95. The lowest BCUT2D eigenvalue weighted by Crippen LogP contribution is -2.40. The number of carbonyl (C=O) groups excluding carboxylic acids is 1. The zero-order valence-corrected chi connectivity index (χ0v) is 13.9. The molecule has 0 aromatic heterocycles. The molecule has 3 nitrogen and oxygen atoms in total. The maximum Gasteiger partial charge on any atom is 0.239 e. The molecule has 1 aliphatic heterocycles. The van der Waals surface area contributed by atoms with Crippen molar-refractivity contribution >= 4 is 11.6 Å². The van der Waals surface area contributed by atoms with Gasteiger partial charge in [-0.3, -0.25) is 4.79 Å². The quantitative estimate of drug-likeness (QED) is 0.917. The van der Waals surface area contributed by atoms with Gasteiger partial charge in [-0.2, -0.15) is 0 Å². The Morgan fingerprint density at radius 3 is 2.72 bits per heavy atom. The largest absolute Gasteiger partial charge is 0.360 e. The summed E-state index contributed by atoms with van der Waals surface area (Å²) in [6.45, 7) is 2.37. The molecular formula is C19H19F3N2O. The highest BCUT2D eigenvalue weighted by molar-refractivity contribution is 5.82. The van der Waals surface area contributed by atoms with Gasteiger partial charge in [0.15, 0.2) is 0 Å². The molecule has 0 atom stereocenters. The van der Waals surface area contributed by atoms with Gasteiger partial charge in [0.05, 0.1) is 12.2 Å². The van der Waals surface area contributed by atoms with Gasteiger partial charge in [-0.15, -0.1) is 0 Å². The van der Waals surface area contributed by atoms with Gasteiger partial charge in [-0.25, -0.2) is 13.2 Å². The van der Waals surface area contributed by atoms with E-state index in [1.165, 1.54) is 12.1 Å². The molecular weight excluding hydrogens is 329 g/mol. The molecule has 0 spiro atoms. The fourth-order valence-corrected chi connectivity index (χ4v) is 3.07. The number of hydrogen-bond donors (Lipinski definition) is 1. The van der Waals surface area contributed by atoms with E-state index in [1.807, 2.05) is 0 Å². The van der Waals surface area contributed by atoms with Gasteiger partial charge in [-0.1, -0.05) is 12.1 Å². The zero-order valence-electron chi connectivity index (χ0n) is 13.9. The molecule has 0 fully saturated rings. The number of fused-ring (bicyclic) bond motifs is 1. The average molecular weight is 348 g/mol. The number of nitrogens with one attached hydrogen (secondary N) is 1. The summed E-state index contributed by atoms with van der Waals surface area (Å²) >= 11 is 0. The Balaban J connectivity index is 1.65. The van der Waals surface area contributed by atoms with Crippen LogP contribution in [-0.4, -0.2) is 19.0 Å². The van der Waals surface area contributed by atoms with Gasteiger partial charge in [-0.05, 0) is 48.6 Å². The number of aryl methyl sites for hydroxylation is 2. The van der Waals surface area contributed by atoms with Crippen LogP contribution in [0.4, 0.5) is 18.9 Å². The Labute approximate surface area is 144 Å². The van der Waals surface area contributed by atoms with E-state index in [2.05, 4.69) is 5.32 Å². The van der Waals surface area contributed by atoms with Gasteiger partial charge in [0.25, 0.3) is 0 Å². The summed E-state index contributed by atoms with van der Waals surface area (Å²) in [5.74, 6) is -1.87. The summed E-state index contributed by atoms with van der Waals surface area (Å²) in [4.78, 5) is 13.8. The number of carbonyl (C=O) groups is 1. The summed E-state index contributed by atoms with van der Waals surface area (Å²) in [6, 6.07) is 6.94. The monoisotopic (exact) mass is 348 g/mol. The van der Waals surface area contributed by atoms with Gasteiger partial charge in [0, 0.05) is 19.2 Å². The standard InChI is InChI=1S/C19H19F3N2O/c1-12-4-5-13(7-16(12)21)10-23-18(25)11-24-6-2-3-14-8-15(20)9-17(22)19(14)24/h4-5,7-9H,2-3,6,10-11H2,1H3,(H,23,25). The van der Waals surface area contributed by atoms with Crippen molar-refractivity contribution in [1.29, 1.82) is 0 Å². The topological polar surface area (TPSA) is 32.3 Å². The van der Waals surface area contributed by atoms with Crippen LogP contribution < -0.4 is 10.2 Å². The normalized spacial score (nSPS) is 13.5. The molecule has 6 heteroatoms. The molecule has 2 aromatic carbocycles. The number of halogens is 3. The number of nitrogens with zero attached hydrogens (tertiary/aromatic N) is 1. The van der Waals surface area contributed by atoms with Crippen molar-refractivity contribution in [2.45, 2.75) is 26.3 Å². The van der Waals surface area contributed by atoms with E-state index in [0.717, 1.165) is 12.5 Å². The van der Waals surface area contributed by atoms with Crippen molar-refractivity contribution in [2.24, 2.45) is 0 Å². The van der Waals surface area contributed by atoms with Gasteiger partial charge >= 0.3 is 0 Å². The minimum Gasteiger partial charge on any atom is -0.360 e. The molecule has 3 rings (SSSR count). The van der Waals surface area contributed by atoms with E-state index >= 15 is 0 Å². The molecule has 1 heterocycles. The summed E-state index contributed by atoms with van der Waals surface area (Å²) in [7, 11) is 0. The second-order valence-electron chi connectivity index (χ2n) is 6.28. The average Bonchev–Trinajstić information content (AvgIpc) is 2.55. The Hall–Kier alpha value is -2.50. The summed E-state index contributed by atoms with van der Waals surface area (Å²) in [6.07, 6.45) is 1.32. The first kappa shape index (κ1) is 17.3. The van der Waals surface area contributed by atoms with Gasteiger partial charge < -0.3 is 10.2 Å². The summed E-state index contributed by atoms with van der Waals surface area (Å²) < 4.78 is 41.0. The van der Waals surface area contributed by atoms with Crippen LogP contribution in [-0.2, 0) is 17.8 Å². The number of rotatable bonds is 4. The highest BCUT2D eigenvalue weighted by Gasteiger charge is 2.23. The highest BCUT2D eigenvalue weighted by atomic mass is 19.1. The number of anilines is 1. The number of benzene rings is 2. The van der Waals surface area contributed by atoms with E-state index in [-0.39, 0.29) is 24.8 Å². The molecule has 1 amide bonds. The molecule has 0 bridgehead atoms. The third-order valence-corrected chi connectivity index (χ3v) is 4.36. The van der Waals surface area contributed by atoms with Crippen molar-refractivity contribution in [3.05, 3.63) is 64.5 Å². The molecule has 0 radical (unpaired) electrons. The van der Waals surface area contributed by atoms with Crippen LogP contribution in [0.25, 0.3) is 0 Å². The molecule has 0 saturated carbocycles. The molecule has 1 N–H and O–H groups in total. The minimum atomic E-state index is -0.650. The second-order valence-corrected chi connectivity index (χ2v) is 6.28. The molecule has 25 heavy (non-hydrogen) atoms. The van der Waals surface area contributed by atoms with Crippen LogP contribution >= 0.6 is 0 Å². The number of amides is 1. The van der Waals surface area contributed by atoms with Gasteiger partial charge in [0.1, 0.15) is 17.5 Å². The number of hydrogen-bond acceptors (Lipinski definition) is 2. The van der Waals surface area contributed by atoms with Crippen molar-refractivity contribution in [3.63, 3.8) is 0 Å². The molecule has 0 saturated heterocycles. The SMILES string of the molecule is Cc1ccc(CNC(=O)CN2CCCc3cc(F)cc(F)c32)cc1F.